The maximum Gasteiger partial charge on any atom is 0.307 e. The second kappa shape index (κ2) is 12.9. The van der Waals surface area contributed by atoms with Crippen LogP contribution in [0.4, 0.5) is 4.39 Å². The van der Waals surface area contributed by atoms with Crippen LogP contribution in [0.5, 0.6) is 17.2 Å². The number of rotatable bonds is 13. The number of hydrogen-bond acceptors (Lipinski definition) is 4. The third-order valence-electron chi connectivity index (χ3n) is 4.96. The first-order chi connectivity index (χ1) is 16.0. The van der Waals surface area contributed by atoms with E-state index >= 15 is 0 Å². The number of benzene rings is 3. The predicted octanol–water partition coefficient (Wildman–Crippen LogP) is 7.15. The largest absolute Gasteiger partial charge is 0.493 e. The minimum Gasteiger partial charge on any atom is -0.493 e. The quantitative estimate of drug-likeness (QED) is 0.213. The molecule has 3 aromatic rings. The van der Waals surface area contributed by atoms with E-state index in [9.17, 15) is 9.18 Å². The van der Waals surface area contributed by atoms with Crippen LogP contribution < -0.4 is 9.47 Å². The van der Waals surface area contributed by atoms with Gasteiger partial charge in [0.25, 0.3) is 0 Å². The van der Waals surface area contributed by atoms with E-state index < -0.39 is 11.8 Å². The topological polar surface area (TPSA) is 55.8 Å². The van der Waals surface area contributed by atoms with Crippen LogP contribution in [0.1, 0.15) is 37.3 Å². The Morgan fingerprint density at radius 3 is 2.52 bits per heavy atom. The number of aryl methyl sites for hydroxylation is 1. The monoisotopic (exact) mass is 468 g/mol. The van der Waals surface area contributed by atoms with Gasteiger partial charge >= 0.3 is 5.97 Å². The average molecular weight is 469 g/mol. The molecule has 33 heavy (non-hydrogen) atoms. The molecule has 1 N–H and O–H groups in total. The van der Waals surface area contributed by atoms with Gasteiger partial charge in [0.2, 0.25) is 0 Å². The van der Waals surface area contributed by atoms with Crippen molar-refractivity contribution in [3.63, 3.8) is 0 Å². The van der Waals surface area contributed by atoms with Crippen molar-refractivity contribution in [1.29, 1.82) is 0 Å². The third-order valence-corrected chi connectivity index (χ3v) is 6.04. The standard InChI is InChI=1S/C27H29FO4S/c1-2-8-21-17-23(32-22-9-4-3-5-10-22)12-14-26(21)31-15-6-7-16-33-24-13-11-20(18-27(29)30)25(28)19-24/h3-5,9-14,17,19H,2,6-8,15-16,18H2,1H3,(H,29,30). The molecule has 0 aliphatic carbocycles. The van der Waals surface area contributed by atoms with E-state index in [1.165, 1.54) is 6.07 Å². The molecule has 0 aliphatic rings. The lowest BCUT2D eigenvalue weighted by atomic mass is 10.1. The van der Waals surface area contributed by atoms with E-state index in [1.54, 1.807) is 23.9 Å². The van der Waals surface area contributed by atoms with Crippen molar-refractivity contribution in [2.24, 2.45) is 0 Å². The second-order valence-electron chi connectivity index (χ2n) is 7.66. The fourth-order valence-electron chi connectivity index (χ4n) is 3.35. The van der Waals surface area contributed by atoms with Gasteiger partial charge in [0.05, 0.1) is 13.0 Å². The van der Waals surface area contributed by atoms with Crippen LogP contribution in [-0.4, -0.2) is 23.4 Å². The summed E-state index contributed by atoms with van der Waals surface area (Å²) in [5.41, 5.74) is 1.35. The van der Waals surface area contributed by atoms with Crippen LogP contribution in [0.3, 0.4) is 0 Å². The normalized spacial score (nSPS) is 10.7. The molecule has 0 spiro atoms. The van der Waals surface area contributed by atoms with Gasteiger partial charge in [0.15, 0.2) is 0 Å². The number of aliphatic carboxylic acids is 1. The summed E-state index contributed by atoms with van der Waals surface area (Å²) >= 11 is 1.56. The molecule has 0 aromatic heterocycles. The van der Waals surface area contributed by atoms with Crippen LogP contribution in [0.25, 0.3) is 0 Å². The molecule has 0 amide bonds. The first kappa shape index (κ1) is 24.6. The highest BCUT2D eigenvalue weighted by Gasteiger charge is 2.09. The van der Waals surface area contributed by atoms with E-state index in [0.717, 1.165) is 59.1 Å². The number of hydrogen-bond donors (Lipinski definition) is 1. The molecule has 174 valence electrons. The minimum atomic E-state index is -1.03. The summed E-state index contributed by atoms with van der Waals surface area (Å²) in [6.45, 7) is 2.75. The van der Waals surface area contributed by atoms with Crippen LogP contribution in [0.15, 0.2) is 71.6 Å². The lowest BCUT2D eigenvalue weighted by Gasteiger charge is -2.13. The highest BCUT2D eigenvalue weighted by molar-refractivity contribution is 7.99. The molecular weight excluding hydrogens is 439 g/mol. The first-order valence-corrected chi connectivity index (χ1v) is 12.2. The van der Waals surface area contributed by atoms with E-state index in [-0.39, 0.29) is 12.0 Å². The Kier molecular flexibility index (Phi) is 9.63. The highest BCUT2D eigenvalue weighted by Crippen LogP contribution is 2.29. The molecule has 0 saturated heterocycles. The minimum absolute atomic E-state index is 0.211. The molecule has 6 heteroatoms. The summed E-state index contributed by atoms with van der Waals surface area (Å²) < 4.78 is 26.0. The van der Waals surface area contributed by atoms with Gasteiger partial charge in [-0.15, -0.1) is 11.8 Å². The Hall–Kier alpha value is -2.99. The average Bonchev–Trinajstić information content (AvgIpc) is 2.80. The smallest absolute Gasteiger partial charge is 0.307 e. The van der Waals surface area contributed by atoms with Gasteiger partial charge in [-0.05, 0) is 78.6 Å². The number of halogens is 1. The van der Waals surface area contributed by atoms with Gasteiger partial charge in [0, 0.05) is 4.90 Å². The lowest BCUT2D eigenvalue weighted by molar-refractivity contribution is -0.136. The van der Waals surface area contributed by atoms with E-state index in [1.807, 2.05) is 48.5 Å². The fourth-order valence-corrected chi connectivity index (χ4v) is 4.29. The van der Waals surface area contributed by atoms with E-state index in [4.69, 9.17) is 14.6 Å². The summed E-state index contributed by atoms with van der Waals surface area (Å²) in [5, 5.41) is 8.80. The van der Waals surface area contributed by atoms with Crippen molar-refractivity contribution in [2.75, 3.05) is 12.4 Å². The Morgan fingerprint density at radius 2 is 1.79 bits per heavy atom. The summed E-state index contributed by atoms with van der Waals surface area (Å²) in [4.78, 5) is 11.5. The Morgan fingerprint density at radius 1 is 0.970 bits per heavy atom. The van der Waals surface area contributed by atoms with E-state index in [2.05, 4.69) is 6.92 Å². The maximum absolute atomic E-state index is 14.0. The lowest BCUT2D eigenvalue weighted by Crippen LogP contribution is -2.02. The van der Waals surface area contributed by atoms with Crippen LogP contribution >= 0.6 is 11.8 Å². The van der Waals surface area contributed by atoms with Crippen LogP contribution in [0, 0.1) is 5.82 Å². The van der Waals surface area contributed by atoms with Gasteiger partial charge in [-0.2, -0.15) is 0 Å². The zero-order chi connectivity index (χ0) is 23.5. The molecule has 0 fully saturated rings. The van der Waals surface area contributed by atoms with Gasteiger partial charge in [-0.1, -0.05) is 37.6 Å². The Bertz CT molecular complexity index is 1040. The molecule has 0 aliphatic heterocycles. The number of para-hydroxylation sites is 1. The molecule has 0 bridgehead atoms. The molecule has 0 heterocycles. The van der Waals surface area contributed by atoms with Crippen molar-refractivity contribution < 1.29 is 23.8 Å². The summed E-state index contributed by atoms with van der Waals surface area (Å²) in [7, 11) is 0. The zero-order valence-electron chi connectivity index (χ0n) is 18.8. The Balaban J connectivity index is 1.44. The molecule has 0 atom stereocenters. The zero-order valence-corrected chi connectivity index (χ0v) is 19.6. The van der Waals surface area contributed by atoms with Crippen LogP contribution in [-0.2, 0) is 17.6 Å². The molecular formula is C27H29FO4S. The fraction of sp³-hybridized carbons (Fsp3) is 0.296. The number of thioether (sulfide) groups is 1. The van der Waals surface area contributed by atoms with Crippen molar-refractivity contribution in [3.8, 4) is 17.2 Å². The highest BCUT2D eigenvalue weighted by atomic mass is 32.2. The third kappa shape index (κ3) is 8.13. The number of carboxylic acid groups (broad SMARTS) is 1. The summed E-state index contributed by atoms with van der Waals surface area (Å²) in [6.07, 6.45) is 3.46. The first-order valence-electron chi connectivity index (χ1n) is 11.2. The summed E-state index contributed by atoms with van der Waals surface area (Å²) in [6, 6.07) is 20.4. The van der Waals surface area contributed by atoms with Gasteiger partial charge in [0.1, 0.15) is 23.1 Å². The van der Waals surface area contributed by atoms with Crippen molar-refractivity contribution in [2.45, 2.75) is 43.9 Å². The summed E-state index contributed by atoms with van der Waals surface area (Å²) in [5.74, 6) is 1.84. The molecule has 0 saturated carbocycles. The number of carbonyl (C=O) groups is 1. The van der Waals surface area contributed by atoms with Gasteiger partial charge < -0.3 is 14.6 Å². The van der Waals surface area contributed by atoms with Crippen molar-refractivity contribution in [3.05, 3.63) is 83.7 Å². The van der Waals surface area contributed by atoms with Crippen LogP contribution in [0.2, 0.25) is 0 Å². The van der Waals surface area contributed by atoms with Gasteiger partial charge in [-0.25, -0.2) is 4.39 Å². The molecule has 4 nitrogen and oxygen atoms in total. The molecule has 0 radical (unpaired) electrons. The second-order valence-corrected chi connectivity index (χ2v) is 8.83. The molecule has 0 unspecified atom stereocenters. The van der Waals surface area contributed by atoms with Crippen molar-refractivity contribution in [1.82, 2.24) is 0 Å². The Labute approximate surface area is 198 Å². The molecule has 3 rings (SSSR count). The maximum atomic E-state index is 14.0. The predicted molar refractivity (Wildman–Crippen MR) is 130 cm³/mol. The number of carboxylic acids is 1. The molecule has 3 aromatic carbocycles. The number of unbranched alkanes of at least 4 members (excludes halogenated alkanes) is 1. The van der Waals surface area contributed by atoms with E-state index in [0.29, 0.717) is 6.61 Å². The van der Waals surface area contributed by atoms with Gasteiger partial charge in [-0.3, -0.25) is 4.79 Å². The number of ether oxygens (including phenoxy) is 2. The SMILES string of the molecule is CCCc1cc(Oc2ccccc2)ccc1OCCCCSc1ccc(CC(=O)O)c(F)c1. The van der Waals surface area contributed by atoms with Crippen molar-refractivity contribution >= 4 is 17.7 Å².